The van der Waals surface area contributed by atoms with Gasteiger partial charge in [0, 0.05) is 31.1 Å². The van der Waals surface area contributed by atoms with Crippen LogP contribution >= 0.6 is 0 Å². The Morgan fingerprint density at radius 1 is 1.04 bits per heavy atom. The van der Waals surface area contributed by atoms with Crippen molar-refractivity contribution >= 4 is 5.91 Å². The van der Waals surface area contributed by atoms with Crippen LogP contribution in [0, 0.1) is 29.6 Å². The highest BCUT2D eigenvalue weighted by atomic mass is 16.1. The molecule has 3 heteroatoms. The molecule has 0 bridgehead atoms. The fourth-order valence-corrected chi connectivity index (χ4v) is 4.39. The molecule has 0 aromatic carbocycles. The van der Waals surface area contributed by atoms with Crippen LogP contribution in [0.15, 0.2) is 0 Å². The monoisotopic (exact) mass is 338 g/mol. The van der Waals surface area contributed by atoms with Crippen molar-refractivity contribution < 1.29 is 4.79 Å². The minimum absolute atomic E-state index is 0.221. The van der Waals surface area contributed by atoms with Crippen LogP contribution in [-0.4, -0.2) is 36.0 Å². The summed E-state index contributed by atoms with van der Waals surface area (Å²) in [5.74, 6) is 3.35. The van der Waals surface area contributed by atoms with E-state index in [0.29, 0.717) is 29.8 Å². The van der Waals surface area contributed by atoms with E-state index < -0.39 is 0 Å². The van der Waals surface area contributed by atoms with Gasteiger partial charge in [-0.15, -0.1) is 0 Å². The first-order valence-corrected chi connectivity index (χ1v) is 10.2. The molecule has 1 saturated carbocycles. The molecular formula is C21H42N2O. The molecule has 0 aromatic heterocycles. The van der Waals surface area contributed by atoms with Crippen molar-refractivity contribution in [3.8, 4) is 0 Å². The van der Waals surface area contributed by atoms with Crippen molar-refractivity contribution in [3.63, 3.8) is 0 Å². The fraction of sp³-hybridized carbons (Fsp3) is 0.952. The predicted molar refractivity (Wildman–Crippen MR) is 104 cm³/mol. The summed E-state index contributed by atoms with van der Waals surface area (Å²) in [5, 5.41) is 3.22. The van der Waals surface area contributed by atoms with Gasteiger partial charge in [-0.2, -0.15) is 0 Å². The molecule has 0 heterocycles. The zero-order valence-corrected chi connectivity index (χ0v) is 17.4. The number of hydrogen-bond acceptors (Lipinski definition) is 2. The highest BCUT2D eigenvalue weighted by molar-refractivity contribution is 5.78. The third kappa shape index (κ3) is 6.06. The Morgan fingerprint density at radius 3 is 2.12 bits per heavy atom. The molecule has 4 atom stereocenters. The number of carbonyl (C=O) groups excluding carboxylic acids is 1. The molecule has 1 rings (SSSR count). The first-order chi connectivity index (χ1) is 11.1. The zero-order valence-electron chi connectivity index (χ0n) is 17.4. The molecule has 1 amide bonds. The fourth-order valence-electron chi connectivity index (χ4n) is 4.39. The summed E-state index contributed by atoms with van der Waals surface area (Å²) in [6.45, 7) is 20.0. The summed E-state index contributed by atoms with van der Waals surface area (Å²) in [6, 6.07) is 1.04. The molecule has 4 unspecified atom stereocenters. The van der Waals surface area contributed by atoms with Gasteiger partial charge in [0.2, 0.25) is 5.91 Å². The summed E-state index contributed by atoms with van der Waals surface area (Å²) >= 11 is 0. The lowest BCUT2D eigenvalue weighted by Crippen LogP contribution is -2.44. The maximum Gasteiger partial charge on any atom is 0.223 e. The van der Waals surface area contributed by atoms with Crippen LogP contribution in [0.2, 0.25) is 0 Å². The molecular weight excluding hydrogens is 296 g/mol. The molecule has 1 N–H and O–H groups in total. The largest absolute Gasteiger partial charge is 0.355 e. The van der Waals surface area contributed by atoms with Gasteiger partial charge in [-0.05, 0) is 70.6 Å². The number of carbonyl (C=O) groups is 1. The first-order valence-electron chi connectivity index (χ1n) is 10.2. The van der Waals surface area contributed by atoms with E-state index in [1.54, 1.807) is 0 Å². The number of nitrogens with one attached hydrogen (secondary N) is 1. The van der Waals surface area contributed by atoms with Gasteiger partial charge >= 0.3 is 0 Å². The quantitative estimate of drug-likeness (QED) is 0.703. The van der Waals surface area contributed by atoms with Gasteiger partial charge in [-0.1, -0.05) is 27.7 Å². The van der Waals surface area contributed by atoms with Crippen molar-refractivity contribution in [2.45, 2.75) is 86.7 Å². The van der Waals surface area contributed by atoms with Crippen molar-refractivity contribution in [2.75, 3.05) is 13.1 Å². The normalized spacial score (nSPS) is 26.4. The summed E-state index contributed by atoms with van der Waals surface area (Å²) in [5.41, 5.74) is 0. The third-order valence-electron chi connectivity index (χ3n) is 6.35. The molecule has 1 aliphatic rings. The first kappa shape index (κ1) is 21.5. The van der Waals surface area contributed by atoms with E-state index in [-0.39, 0.29) is 11.8 Å². The predicted octanol–water partition coefficient (Wildman–Crippen LogP) is 4.57. The van der Waals surface area contributed by atoms with Crippen LogP contribution in [0.5, 0.6) is 0 Å². The van der Waals surface area contributed by atoms with Gasteiger partial charge in [0.15, 0.2) is 0 Å². The Kier molecular flexibility index (Phi) is 8.76. The zero-order chi connectivity index (χ0) is 18.4. The summed E-state index contributed by atoms with van der Waals surface area (Å²) in [7, 11) is 0. The van der Waals surface area contributed by atoms with E-state index in [9.17, 15) is 4.79 Å². The topological polar surface area (TPSA) is 32.3 Å². The minimum atomic E-state index is 0.221. The Labute approximate surface area is 151 Å². The standard InChI is InChI=1S/C21H42N2O/c1-14(2)18(8)20-13-19(10-9-17(20)7)21(24)22-11-12-23(15(3)4)16(5)6/h14-20H,9-13H2,1-8H3,(H,22,24). The van der Waals surface area contributed by atoms with Crippen molar-refractivity contribution in [3.05, 3.63) is 0 Å². The van der Waals surface area contributed by atoms with Crippen LogP contribution < -0.4 is 5.32 Å². The van der Waals surface area contributed by atoms with Gasteiger partial charge in [0.05, 0.1) is 0 Å². The van der Waals surface area contributed by atoms with E-state index in [1.807, 2.05) is 0 Å². The number of rotatable bonds is 8. The Balaban J connectivity index is 2.50. The van der Waals surface area contributed by atoms with Crippen LogP contribution in [0.25, 0.3) is 0 Å². The van der Waals surface area contributed by atoms with Crippen molar-refractivity contribution in [2.24, 2.45) is 29.6 Å². The second-order valence-corrected chi connectivity index (χ2v) is 8.97. The maximum absolute atomic E-state index is 12.6. The van der Waals surface area contributed by atoms with Gasteiger partial charge in [0.25, 0.3) is 0 Å². The molecule has 1 fully saturated rings. The Hall–Kier alpha value is -0.570. The number of nitrogens with zero attached hydrogens (tertiary/aromatic N) is 1. The average molecular weight is 339 g/mol. The van der Waals surface area contributed by atoms with Crippen LogP contribution in [0.1, 0.15) is 74.7 Å². The Morgan fingerprint density at radius 2 is 1.62 bits per heavy atom. The summed E-state index contributed by atoms with van der Waals surface area (Å²) < 4.78 is 0. The van der Waals surface area contributed by atoms with Gasteiger partial charge < -0.3 is 5.32 Å². The lowest BCUT2D eigenvalue weighted by molar-refractivity contribution is -0.127. The Bertz CT molecular complexity index is 370. The van der Waals surface area contributed by atoms with E-state index in [1.165, 1.54) is 6.42 Å². The van der Waals surface area contributed by atoms with Gasteiger partial charge in [-0.25, -0.2) is 0 Å². The third-order valence-corrected chi connectivity index (χ3v) is 6.35. The highest BCUT2D eigenvalue weighted by Crippen LogP contribution is 2.40. The lowest BCUT2D eigenvalue weighted by Gasteiger charge is -2.39. The van der Waals surface area contributed by atoms with Crippen LogP contribution in [-0.2, 0) is 4.79 Å². The van der Waals surface area contributed by atoms with E-state index in [4.69, 9.17) is 0 Å². The van der Waals surface area contributed by atoms with E-state index >= 15 is 0 Å². The average Bonchev–Trinajstić information content (AvgIpc) is 2.50. The number of hydrogen-bond donors (Lipinski definition) is 1. The molecule has 142 valence electrons. The van der Waals surface area contributed by atoms with Crippen molar-refractivity contribution in [1.82, 2.24) is 10.2 Å². The molecule has 0 aliphatic heterocycles. The van der Waals surface area contributed by atoms with Gasteiger partial charge in [0.1, 0.15) is 0 Å². The summed E-state index contributed by atoms with van der Waals surface area (Å²) in [6.07, 6.45) is 3.33. The molecule has 0 radical (unpaired) electrons. The smallest absolute Gasteiger partial charge is 0.223 e. The molecule has 0 saturated heterocycles. The van der Waals surface area contributed by atoms with E-state index in [2.05, 4.69) is 65.6 Å². The minimum Gasteiger partial charge on any atom is -0.355 e. The SMILES string of the molecule is CC(C)C(C)C1CC(C(=O)NCCN(C(C)C)C(C)C)CCC1C. The maximum atomic E-state index is 12.6. The second-order valence-electron chi connectivity index (χ2n) is 8.97. The lowest BCUT2D eigenvalue weighted by atomic mass is 9.67. The van der Waals surface area contributed by atoms with Crippen molar-refractivity contribution in [1.29, 1.82) is 0 Å². The van der Waals surface area contributed by atoms with Crippen LogP contribution in [0.3, 0.4) is 0 Å². The molecule has 0 aromatic rings. The highest BCUT2D eigenvalue weighted by Gasteiger charge is 2.35. The van der Waals surface area contributed by atoms with Gasteiger partial charge in [-0.3, -0.25) is 9.69 Å². The molecule has 0 spiro atoms. The molecule has 24 heavy (non-hydrogen) atoms. The van der Waals surface area contributed by atoms with Crippen LogP contribution in [0.4, 0.5) is 0 Å². The molecule has 1 aliphatic carbocycles. The number of amides is 1. The second kappa shape index (κ2) is 9.79. The van der Waals surface area contributed by atoms with E-state index in [0.717, 1.165) is 31.8 Å². The molecule has 3 nitrogen and oxygen atoms in total. The summed E-state index contributed by atoms with van der Waals surface area (Å²) in [4.78, 5) is 15.1.